The van der Waals surface area contributed by atoms with Crippen LogP contribution in [0.1, 0.15) is 25.3 Å². The van der Waals surface area contributed by atoms with E-state index in [0.29, 0.717) is 5.92 Å². The standard InChI is InChI=1S/C30H23N2O.C11H8N.Ir/c1-20(2)23-14-17-29-25(18-23)26(19-33-29)30-31-27-10-6-7-11-28(27)32(30)24-15-12-22(13-16-24)21-8-4-3-5-9-21;1-2-6-10(7-3-1)11-8-4-5-9-12-11;/h3-18,20H,1-2H3;1-6,8-9H;/q2*-1;. The molecule has 0 unspecified atom stereocenters. The van der Waals surface area contributed by atoms with Crippen LogP contribution in [-0.2, 0) is 20.1 Å². The second-order valence-corrected chi connectivity index (χ2v) is 11.2. The number of imidazole rings is 1. The number of fused-ring (bicyclic) bond motifs is 2. The summed E-state index contributed by atoms with van der Waals surface area (Å²) in [6.07, 6.45) is 4.93. The molecule has 8 aromatic rings. The summed E-state index contributed by atoms with van der Waals surface area (Å²) >= 11 is 0. The molecule has 0 amide bonds. The van der Waals surface area contributed by atoms with Crippen molar-refractivity contribution in [3.8, 4) is 39.5 Å². The van der Waals surface area contributed by atoms with E-state index in [1.54, 1.807) is 6.20 Å². The number of furan rings is 1. The van der Waals surface area contributed by atoms with Crippen LogP contribution in [0.15, 0.2) is 150 Å². The van der Waals surface area contributed by atoms with Crippen LogP contribution in [0.5, 0.6) is 0 Å². The predicted molar refractivity (Wildman–Crippen MR) is 183 cm³/mol. The van der Waals surface area contributed by atoms with Gasteiger partial charge in [0.2, 0.25) is 0 Å². The fraction of sp³-hybridized carbons (Fsp3) is 0.0732. The monoisotopic (exact) mass is 774 g/mol. The van der Waals surface area contributed by atoms with Crippen molar-refractivity contribution in [2.24, 2.45) is 0 Å². The van der Waals surface area contributed by atoms with Crippen LogP contribution in [0, 0.1) is 12.3 Å². The smallest absolute Gasteiger partial charge is 0.0774 e. The molecule has 5 aromatic carbocycles. The van der Waals surface area contributed by atoms with Gasteiger partial charge in [0, 0.05) is 43.8 Å². The van der Waals surface area contributed by atoms with E-state index in [0.717, 1.165) is 50.3 Å². The second kappa shape index (κ2) is 13.9. The van der Waals surface area contributed by atoms with Crippen LogP contribution in [-0.4, -0.2) is 14.5 Å². The first kappa shape index (κ1) is 30.9. The van der Waals surface area contributed by atoms with Crippen molar-refractivity contribution in [3.05, 3.63) is 164 Å². The second-order valence-electron chi connectivity index (χ2n) is 11.2. The van der Waals surface area contributed by atoms with Crippen LogP contribution in [0.25, 0.3) is 61.5 Å². The Kier molecular flexibility index (Phi) is 9.35. The van der Waals surface area contributed by atoms with Gasteiger partial charge in [-0.25, -0.2) is 0 Å². The molecular weight excluding hydrogens is 743 g/mol. The Balaban J connectivity index is 0.000000241. The van der Waals surface area contributed by atoms with Gasteiger partial charge in [-0.1, -0.05) is 115 Å². The van der Waals surface area contributed by atoms with Gasteiger partial charge >= 0.3 is 0 Å². The number of aromatic nitrogens is 3. The number of pyridine rings is 1. The van der Waals surface area contributed by atoms with E-state index in [1.807, 2.05) is 60.7 Å². The fourth-order valence-corrected chi connectivity index (χ4v) is 5.48. The Labute approximate surface area is 282 Å². The SMILES string of the molecule is CC(C)c1ccc2o[c-]c(-c3nc4ccccc4n3-c3ccc(-c4ccccc4)cc3)c2c1.[Ir].[c-]1ccccc1-c1ccccn1. The van der Waals surface area contributed by atoms with Gasteiger partial charge in [-0.05, 0) is 53.1 Å². The van der Waals surface area contributed by atoms with Gasteiger partial charge in [0.25, 0.3) is 0 Å². The number of hydrogen-bond donors (Lipinski definition) is 0. The first-order valence-electron chi connectivity index (χ1n) is 15.1. The van der Waals surface area contributed by atoms with Crippen molar-refractivity contribution in [2.75, 3.05) is 0 Å². The first-order valence-corrected chi connectivity index (χ1v) is 15.1. The van der Waals surface area contributed by atoms with Gasteiger partial charge in [0.15, 0.2) is 0 Å². The van der Waals surface area contributed by atoms with Gasteiger partial charge in [0.1, 0.15) is 0 Å². The van der Waals surface area contributed by atoms with Crippen molar-refractivity contribution >= 4 is 22.0 Å². The molecule has 0 saturated heterocycles. The minimum Gasteiger partial charge on any atom is -0.557 e. The number of hydrogen-bond acceptors (Lipinski definition) is 3. The third kappa shape index (κ3) is 6.34. The van der Waals surface area contributed by atoms with Gasteiger partial charge in [0.05, 0.1) is 16.9 Å². The van der Waals surface area contributed by atoms with Gasteiger partial charge in [-0.2, -0.15) is 0 Å². The topological polar surface area (TPSA) is 43.9 Å². The molecule has 0 aliphatic heterocycles. The third-order valence-electron chi connectivity index (χ3n) is 7.87. The Morgan fingerprint density at radius 3 is 2.20 bits per heavy atom. The van der Waals surface area contributed by atoms with E-state index in [4.69, 9.17) is 9.40 Å². The molecule has 0 saturated carbocycles. The summed E-state index contributed by atoms with van der Waals surface area (Å²) in [7, 11) is 0. The number of para-hydroxylation sites is 2. The zero-order valence-electron chi connectivity index (χ0n) is 25.5. The molecule has 8 rings (SSSR count). The Morgan fingerprint density at radius 2 is 1.46 bits per heavy atom. The molecule has 0 atom stereocenters. The molecule has 0 N–H and O–H groups in total. The Morgan fingerprint density at radius 1 is 0.717 bits per heavy atom. The van der Waals surface area contributed by atoms with Gasteiger partial charge in [-0.15, -0.1) is 35.9 Å². The number of nitrogens with zero attached hydrogens (tertiary/aromatic N) is 3. The molecule has 3 heterocycles. The summed E-state index contributed by atoms with van der Waals surface area (Å²) < 4.78 is 8.03. The summed E-state index contributed by atoms with van der Waals surface area (Å²) in [5, 5.41) is 1.04. The maximum atomic E-state index is 5.82. The molecule has 46 heavy (non-hydrogen) atoms. The van der Waals surface area contributed by atoms with Crippen LogP contribution >= 0.6 is 0 Å². The summed E-state index contributed by atoms with van der Waals surface area (Å²) in [6.45, 7) is 4.41. The molecule has 0 aliphatic rings. The number of rotatable bonds is 5. The third-order valence-corrected chi connectivity index (χ3v) is 7.87. The minimum absolute atomic E-state index is 0. The molecule has 0 fully saturated rings. The largest absolute Gasteiger partial charge is 0.557 e. The zero-order valence-corrected chi connectivity index (χ0v) is 27.9. The molecule has 227 valence electrons. The van der Waals surface area contributed by atoms with Crippen molar-refractivity contribution in [2.45, 2.75) is 19.8 Å². The van der Waals surface area contributed by atoms with E-state index >= 15 is 0 Å². The van der Waals surface area contributed by atoms with E-state index in [1.165, 1.54) is 16.7 Å². The van der Waals surface area contributed by atoms with E-state index in [-0.39, 0.29) is 20.1 Å². The van der Waals surface area contributed by atoms with E-state index in [2.05, 4.69) is 115 Å². The average Bonchev–Trinajstić information content (AvgIpc) is 3.71. The van der Waals surface area contributed by atoms with Crippen molar-refractivity contribution in [1.82, 2.24) is 14.5 Å². The Bertz CT molecular complexity index is 2130. The predicted octanol–water partition coefficient (Wildman–Crippen LogP) is 10.6. The average molecular weight is 774 g/mol. The molecule has 5 heteroatoms. The van der Waals surface area contributed by atoms with Crippen LogP contribution < -0.4 is 0 Å². The summed E-state index contributed by atoms with van der Waals surface area (Å²) in [6, 6.07) is 50.5. The Hall–Kier alpha value is -5.09. The molecular formula is C41H31IrN3O-2. The molecule has 0 aliphatic carbocycles. The fourth-order valence-electron chi connectivity index (χ4n) is 5.48. The molecule has 3 aromatic heterocycles. The minimum atomic E-state index is 0. The molecule has 4 nitrogen and oxygen atoms in total. The normalized spacial score (nSPS) is 10.8. The summed E-state index contributed by atoms with van der Waals surface area (Å²) in [4.78, 5) is 9.23. The quantitative estimate of drug-likeness (QED) is 0.164. The molecule has 0 spiro atoms. The van der Waals surface area contributed by atoms with E-state index in [9.17, 15) is 0 Å². The van der Waals surface area contributed by atoms with Gasteiger partial charge in [-0.3, -0.25) is 4.98 Å². The van der Waals surface area contributed by atoms with Crippen LogP contribution in [0.4, 0.5) is 0 Å². The number of benzene rings is 5. The van der Waals surface area contributed by atoms with Crippen LogP contribution in [0.2, 0.25) is 0 Å². The maximum Gasteiger partial charge on any atom is 0.0774 e. The van der Waals surface area contributed by atoms with Crippen LogP contribution in [0.3, 0.4) is 0 Å². The summed E-state index contributed by atoms with van der Waals surface area (Å²) in [5.41, 5.74) is 10.4. The first-order chi connectivity index (χ1) is 22.2. The van der Waals surface area contributed by atoms with Crippen molar-refractivity contribution in [3.63, 3.8) is 0 Å². The zero-order chi connectivity index (χ0) is 30.6. The molecule has 0 bridgehead atoms. The molecule has 1 radical (unpaired) electrons. The van der Waals surface area contributed by atoms with Crippen molar-refractivity contribution in [1.29, 1.82) is 0 Å². The van der Waals surface area contributed by atoms with Crippen molar-refractivity contribution < 1.29 is 24.5 Å². The summed E-state index contributed by atoms with van der Waals surface area (Å²) in [5.74, 6) is 1.27. The van der Waals surface area contributed by atoms with E-state index < -0.39 is 0 Å². The maximum absolute atomic E-state index is 5.82. The van der Waals surface area contributed by atoms with Gasteiger partial charge < -0.3 is 14.0 Å².